The number of amides is 2. The third-order valence-corrected chi connectivity index (χ3v) is 7.02. The highest BCUT2D eigenvalue weighted by Crippen LogP contribution is 2.37. The maximum absolute atomic E-state index is 13.0. The van der Waals surface area contributed by atoms with Gasteiger partial charge in [-0.2, -0.15) is 4.98 Å². The quantitative estimate of drug-likeness (QED) is 0.257. The molecule has 0 spiro atoms. The summed E-state index contributed by atoms with van der Waals surface area (Å²) in [6.45, 7) is 1.21. The molecule has 0 bridgehead atoms. The Kier molecular flexibility index (Phi) is 9.64. The summed E-state index contributed by atoms with van der Waals surface area (Å²) < 4.78 is 15.9. The molecule has 1 aliphatic rings. The molecule has 42 heavy (non-hydrogen) atoms. The number of nitro benzene ring substituents is 2. The normalized spacial score (nSPS) is 16.1. The first-order valence-electron chi connectivity index (χ1n) is 12.4. The molecule has 1 fully saturated rings. The Morgan fingerprint density at radius 3 is 2.12 bits per heavy atom. The van der Waals surface area contributed by atoms with Gasteiger partial charge in [0, 0.05) is 43.0 Å². The van der Waals surface area contributed by atoms with E-state index in [1.54, 1.807) is 0 Å². The molecule has 2 heterocycles. The van der Waals surface area contributed by atoms with Crippen LogP contribution in [-0.4, -0.2) is 54.0 Å². The Bertz CT molecular complexity index is 1460. The molecule has 1 aromatic heterocycles. The Morgan fingerprint density at radius 2 is 1.57 bits per heavy atom. The highest BCUT2D eigenvalue weighted by atomic mass is 32.2. The molecule has 1 saturated heterocycles. The van der Waals surface area contributed by atoms with E-state index >= 15 is 0 Å². The number of thioether (sulfide) groups is 1. The summed E-state index contributed by atoms with van der Waals surface area (Å²) in [6, 6.07) is 10.4. The monoisotopic (exact) mass is 600 g/mol. The average molecular weight is 601 g/mol. The van der Waals surface area contributed by atoms with Crippen molar-refractivity contribution in [2.24, 2.45) is 0 Å². The zero-order valence-electron chi connectivity index (χ0n) is 22.0. The Labute approximate surface area is 241 Å². The lowest BCUT2D eigenvalue weighted by atomic mass is 10.2. The average Bonchev–Trinajstić information content (AvgIpc) is 3.61. The van der Waals surface area contributed by atoms with Gasteiger partial charge in [0.15, 0.2) is 10.9 Å². The molecule has 3 aromatic rings. The van der Waals surface area contributed by atoms with Crippen LogP contribution in [0.5, 0.6) is 0 Å². The van der Waals surface area contributed by atoms with E-state index < -0.39 is 28.1 Å². The standard InChI is InChI=1S/C25H24N6O10S/c1-15(32)42-20-10-21(29(12-20)25(34)40-14-17-4-8-19(9-5-17)31(37)38)23-27-22(28-41-23)11-26-24(33)39-13-16-2-6-18(7-3-16)30(35)36/h2-9,20-21H,10-14H2,1H3,(H,26,33)/t20-,21-/m0/s1. The second-order valence-electron chi connectivity index (χ2n) is 9.02. The minimum Gasteiger partial charge on any atom is -0.445 e. The maximum atomic E-state index is 13.0. The van der Waals surface area contributed by atoms with Crippen LogP contribution in [0.15, 0.2) is 53.1 Å². The van der Waals surface area contributed by atoms with Crippen LogP contribution in [0.25, 0.3) is 0 Å². The maximum Gasteiger partial charge on any atom is 0.410 e. The third-order valence-electron chi connectivity index (χ3n) is 6.02. The van der Waals surface area contributed by atoms with Crippen molar-refractivity contribution in [3.8, 4) is 0 Å². The molecule has 0 unspecified atom stereocenters. The SMILES string of the molecule is CC(=O)S[C@H]1C[C@@H](c2nc(CNC(=O)OCc3ccc([N+](=O)[O-])cc3)no2)N(C(=O)OCc2ccc([N+](=O)[O-])cc2)C1. The van der Waals surface area contributed by atoms with Gasteiger partial charge in [-0.05, 0) is 41.8 Å². The van der Waals surface area contributed by atoms with Gasteiger partial charge in [-0.1, -0.05) is 16.9 Å². The number of alkyl carbamates (subject to hydrolysis) is 1. The van der Waals surface area contributed by atoms with Gasteiger partial charge in [0.2, 0.25) is 5.89 Å². The molecule has 2 amide bonds. The van der Waals surface area contributed by atoms with Crippen molar-refractivity contribution in [2.75, 3.05) is 6.54 Å². The number of aromatic nitrogens is 2. The smallest absolute Gasteiger partial charge is 0.410 e. The van der Waals surface area contributed by atoms with Gasteiger partial charge in [-0.15, -0.1) is 0 Å². The summed E-state index contributed by atoms with van der Waals surface area (Å²) in [7, 11) is 0. The van der Waals surface area contributed by atoms with Crippen molar-refractivity contribution >= 4 is 40.4 Å². The molecule has 1 N–H and O–H groups in total. The molecule has 220 valence electrons. The summed E-state index contributed by atoms with van der Waals surface area (Å²) >= 11 is 1.08. The zero-order valence-corrected chi connectivity index (χ0v) is 22.9. The van der Waals surface area contributed by atoms with Crippen LogP contribution < -0.4 is 5.32 Å². The molecule has 1 aliphatic heterocycles. The fourth-order valence-electron chi connectivity index (χ4n) is 4.03. The third kappa shape index (κ3) is 8.00. The van der Waals surface area contributed by atoms with Crippen LogP contribution >= 0.6 is 11.8 Å². The molecular formula is C25H24N6O10S. The summed E-state index contributed by atoms with van der Waals surface area (Å²) in [5.74, 6) is 0.198. The summed E-state index contributed by atoms with van der Waals surface area (Å²) in [4.78, 5) is 62.9. The number of nitrogens with zero attached hydrogens (tertiary/aromatic N) is 5. The van der Waals surface area contributed by atoms with Crippen LogP contribution in [0.2, 0.25) is 0 Å². The van der Waals surface area contributed by atoms with E-state index in [0.29, 0.717) is 17.5 Å². The van der Waals surface area contributed by atoms with Crippen LogP contribution in [0.3, 0.4) is 0 Å². The summed E-state index contributed by atoms with van der Waals surface area (Å²) in [5.41, 5.74) is 0.928. The first kappa shape index (κ1) is 29.9. The minimum absolute atomic E-state index is 0.0825. The first-order chi connectivity index (χ1) is 20.1. The van der Waals surface area contributed by atoms with E-state index in [0.717, 1.165) is 11.8 Å². The predicted molar refractivity (Wildman–Crippen MR) is 144 cm³/mol. The highest BCUT2D eigenvalue weighted by Gasteiger charge is 2.41. The van der Waals surface area contributed by atoms with Crippen molar-refractivity contribution < 1.29 is 38.2 Å². The van der Waals surface area contributed by atoms with Gasteiger partial charge < -0.3 is 19.3 Å². The second kappa shape index (κ2) is 13.5. The number of carbonyl (C=O) groups is 3. The topological polar surface area (TPSA) is 210 Å². The molecule has 2 aromatic carbocycles. The van der Waals surface area contributed by atoms with Crippen molar-refractivity contribution in [1.29, 1.82) is 0 Å². The van der Waals surface area contributed by atoms with Crippen LogP contribution in [0.1, 0.15) is 42.2 Å². The lowest BCUT2D eigenvalue weighted by Crippen LogP contribution is -2.32. The number of nitrogens with one attached hydrogen (secondary N) is 1. The van der Waals surface area contributed by atoms with Crippen molar-refractivity contribution in [3.63, 3.8) is 0 Å². The van der Waals surface area contributed by atoms with E-state index in [4.69, 9.17) is 14.0 Å². The fourth-order valence-corrected chi connectivity index (χ4v) is 5.02. The largest absolute Gasteiger partial charge is 0.445 e. The van der Waals surface area contributed by atoms with Gasteiger partial charge in [-0.3, -0.25) is 29.9 Å². The van der Waals surface area contributed by atoms with Gasteiger partial charge in [0.05, 0.1) is 16.4 Å². The Balaban J connectivity index is 1.33. The van der Waals surface area contributed by atoms with Gasteiger partial charge >= 0.3 is 12.2 Å². The van der Waals surface area contributed by atoms with Crippen molar-refractivity contribution in [3.05, 3.63) is 91.6 Å². The number of carbonyl (C=O) groups excluding carboxylic acids is 3. The number of ether oxygens (including phenoxy) is 2. The Hall–Kier alpha value is -5.06. The van der Waals surface area contributed by atoms with Crippen molar-refractivity contribution in [1.82, 2.24) is 20.4 Å². The van der Waals surface area contributed by atoms with Crippen LogP contribution in [0.4, 0.5) is 21.0 Å². The molecule has 0 saturated carbocycles. The lowest BCUT2D eigenvalue weighted by Gasteiger charge is -2.21. The number of hydrogen-bond acceptors (Lipinski definition) is 13. The molecular weight excluding hydrogens is 576 g/mol. The molecule has 16 nitrogen and oxygen atoms in total. The molecule has 17 heteroatoms. The number of nitro groups is 2. The van der Waals surface area contributed by atoms with Crippen LogP contribution in [0, 0.1) is 20.2 Å². The number of rotatable bonds is 10. The van der Waals surface area contributed by atoms with Gasteiger partial charge in [0.1, 0.15) is 19.3 Å². The van der Waals surface area contributed by atoms with Crippen molar-refractivity contribution in [2.45, 2.75) is 44.4 Å². The van der Waals surface area contributed by atoms with E-state index in [-0.39, 0.29) is 59.8 Å². The lowest BCUT2D eigenvalue weighted by molar-refractivity contribution is -0.385. The molecule has 4 rings (SSSR count). The molecule has 2 atom stereocenters. The highest BCUT2D eigenvalue weighted by molar-refractivity contribution is 8.14. The van der Waals surface area contributed by atoms with E-state index in [2.05, 4.69) is 15.5 Å². The van der Waals surface area contributed by atoms with Crippen LogP contribution in [-0.2, 0) is 34.0 Å². The molecule has 0 radical (unpaired) electrons. The number of benzene rings is 2. The number of hydrogen-bond donors (Lipinski definition) is 1. The van der Waals surface area contributed by atoms with Gasteiger partial charge in [-0.25, -0.2) is 9.59 Å². The summed E-state index contributed by atoms with van der Waals surface area (Å²) in [5, 5.41) is 27.5. The second-order valence-corrected chi connectivity index (χ2v) is 10.5. The number of likely N-dealkylation sites (tertiary alicyclic amines) is 1. The Morgan fingerprint density at radius 1 is 1.00 bits per heavy atom. The molecule has 0 aliphatic carbocycles. The predicted octanol–water partition coefficient (Wildman–Crippen LogP) is 4.04. The van der Waals surface area contributed by atoms with E-state index in [9.17, 15) is 34.6 Å². The van der Waals surface area contributed by atoms with Gasteiger partial charge in [0.25, 0.3) is 11.4 Å². The first-order valence-corrected chi connectivity index (χ1v) is 13.3. The minimum atomic E-state index is -0.782. The zero-order chi connectivity index (χ0) is 30.2. The van der Waals surface area contributed by atoms with E-state index in [1.165, 1.54) is 60.4 Å². The number of non-ortho nitro benzene ring substituents is 2. The van der Waals surface area contributed by atoms with E-state index in [1.807, 2.05) is 0 Å². The summed E-state index contributed by atoms with van der Waals surface area (Å²) in [6.07, 6.45) is -1.14. The fraction of sp³-hybridized carbons (Fsp3) is 0.320.